The van der Waals surface area contributed by atoms with Crippen LogP contribution in [0.4, 0.5) is 19.2 Å². The van der Waals surface area contributed by atoms with Gasteiger partial charge in [-0.15, -0.1) is 0 Å². The lowest BCUT2D eigenvalue weighted by Crippen LogP contribution is -2.32. The number of ketones is 2. The minimum atomic E-state index is -0.746. The van der Waals surface area contributed by atoms with Crippen LogP contribution in [-0.2, 0) is 38.1 Å². The van der Waals surface area contributed by atoms with Crippen LogP contribution >= 0.6 is 15.9 Å². The Labute approximate surface area is 346 Å². The molecule has 0 aromatic heterocycles. The van der Waals surface area contributed by atoms with E-state index in [-0.39, 0.29) is 49.0 Å². The highest BCUT2D eigenvalue weighted by molar-refractivity contribution is 9.09. The van der Waals surface area contributed by atoms with Crippen LogP contribution in [0.25, 0.3) is 0 Å². The Kier molecular flexibility index (Phi) is 27.4. The number of hydrogen-bond donors (Lipinski definition) is 1. The fraction of sp³-hybridized carbons (Fsp3) is 0.821. The molecule has 4 rings (SSSR count). The van der Waals surface area contributed by atoms with E-state index >= 15 is 0 Å². The molecule has 4 aliphatic rings. The molecule has 57 heavy (non-hydrogen) atoms. The smallest absolute Gasteiger partial charge is 0.409 e. The molecule has 328 valence electrons. The molecule has 3 unspecified atom stereocenters. The van der Waals surface area contributed by atoms with Crippen LogP contribution in [-0.4, -0.2) is 163 Å². The summed E-state index contributed by atoms with van der Waals surface area (Å²) in [4.78, 5) is 86.9. The molecule has 0 radical (unpaired) electrons. The van der Waals surface area contributed by atoms with Crippen molar-refractivity contribution in [3.63, 3.8) is 0 Å². The summed E-state index contributed by atoms with van der Waals surface area (Å²) in [6.07, 6.45) is 6.45. The predicted octanol–water partition coefficient (Wildman–Crippen LogP) is 5.57. The number of ether oxygens (including phenoxy) is 5. The van der Waals surface area contributed by atoms with Gasteiger partial charge in [0.2, 0.25) is 0 Å². The van der Waals surface area contributed by atoms with Gasteiger partial charge in [-0.3, -0.25) is 14.4 Å². The first kappa shape index (κ1) is 51.3. The summed E-state index contributed by atoms with van der Waals surface area (Å²) >= 11 is 3.58. The molecule has 0 aromatic carbocycles. The second-order valence-electron chi connectivity index (χ2n) is 13.6. The number of aliphatic hydroxyl groups is 1. The standard InChI is InChI=1S/C12H19NO5.C9H16BrNO2.C9H17NO3.C9H15NO3/c1-3-17-11(15)9-5-7-13(8-6-10(9)14)12(16)18-4-2;1-2-13-9(12)11-6-3-4-8(10)5-7-11;2*1-2-13-9(12)10-6-3-4-8(11)5-7-10/h9H,3-8H2,1-2H3;8H,2-7H2,1H3;8,11H,2-7H2,1H3;2-7H2,1H3. The number of Topliss-reactive ketones (excluding diaryl/α,β-unsaturated/α-hetero) is 2. The average Bonchev–Trinajstić information content (AvgIpc) is 3.71. The van der Waals surface area contributed by atoms with Gasteiger partial charge < -0.3 is 48.4 Å². The molecule has 4 amide bonds. The fourth-order valence-corrected chi connectivity index (χ4v) is 6.69. The van der Waals surface area contributed by atoms with E-state index in [1.807, 2.05) is 6.92 Å². The average molecular weight is 880 g/mol. The van der Waals surface area contributed by atoms with Crippen LogP contribution in [0.2, 0.25) is 0 Å². The first-order valence-corrected chi connectivity index (χ1v) is 21.4. The third kappa shape index (κ3) is 21.6. The van der Waals surface area contributed by atoms with Gasteiger partial charge in [0.1, 0.15) is 17.5 Å². The number of carbonyl (C=O) groups is 7. The minimum absolute atomic E-state index is 0.163. The van der Waals surface area contributed by atoms with Gasteiger partial charge in [0.25, 0.3) is 0 Å². The highest BCUT2D eigenvalue weighted by Crippen LogP contribution is 2.19. The zero-order valence-corrected chi connectivity index (χ0v) is 36.3. The zero-order valence-electron chi connectivity index (χ0n) is 34.7. The van der Waals surface area contributed by atoms with Crippen LogP contribution in [0.3, 0.4) is 0 Å². The number of nitrogens with zero attached hydrogens (tertiary/aromatic N) is 4. The van der Waals surface area contributed by atoms with Crippen molar-refractivity contribution < 1.29 is 62.4 Å². The van der Waals surface area contributed by atoms with Crippen LogP contribution in [0.5, 0.6) is 0 Å². The summed E-state index contributed by atoms with van der Waals surface area (Å²) in [7, 11) is 0. The van der Waals surface area contributed by atoms with E-state index in [9.17, 15) is 38.7 Å². The van der Waals surface area contributed by atoms with Gasteiger partial charge in [-0.05, 0) is 86.0 Å². The van der Waals surface area contributed by atoms with E-state index in [1.54, 1.807) is 42.4 Å². The van der Waals surface area contributed by atoms with E-state index in [4.69, 9.17) is 23.7 Å². The molecule has 4 aliphatic heterocycles. The molecule has 18 heteroatoms. The van der Waals surface area contributed by atoms with Crippen LogP contribution in [0, 0.1) is 5.92 Å². The maximum atomic E-state index is 11.8. The topological polar surface area (TPSA) is 199 Å². The SMILES string of the molecule is CCOC(=O)C1CCN(C(=O)OCC)CCC1=O.CCOC(=O)N1CCCC(=O)CC1.CCOC(=O)N1CCCC(Br)CC1.CCOC(=O)N1CCCC(O)CC1. The number of aliphatic hydroxyl groups excluding tert-OH is 1. The monoisotopic (exact) mass is 878 g/mol. The second kappa shape index (κ2) is 30.4. The minimum Gasteiger partial charge on any atom is -0.465 e. The molecule has 4 saturated heterocycles. The van der Waals surface area contributed by atoms with E-state index in [0.717, 1.165) is 51.6 Å². The lowest BCUT2D eigenvalue weighted by atomic mass is 10.00. The maximum absolute atomic E-state index is 11.8. The number of likely N-dealkylation sites (tertiary alicyclic amines) is 4. The number of amides is 4. The number of rotatable bonds is 6. The fourth-order valence-electron chi connectivity index (χ4n) is 6.16. The molecular weight excluding hydrogens is 812 g/mol. The van der Waals surface area contributed by atoms with Gasteiger partial charge in [-0.25, -0.2) is 19.2 Å². The van der Waals surface area contributed by atoms with Crippen LogP contribution in [0.15, 0.2) is 0 Å². The molecule has 1 N–H and O–H groups in total. The lowest BCUT2D eigenvalue weighted by molar-refractivity contribution is -0.151. The highest BCUT2D eigenvalue weighted by Gasteiger charge is 2.32. The quantitative estimate of drug-likeness (QED) is 0.151. The molecule has 0 aliphatic carbocycles. The summed E-state index contributed by atoms with van der Waals surface area (Å²) in [5.74, 6) is -1.16. The Morgan fingerprint density at radius 3 is 1.47 bits per heavy atom. The van der Waals surface area contributed by atoms with E-state index in [2.05, 4.69) is 15.9 Å². The number of esters is 1. The number of halogens is 1. The molecule has 0 bridgehead atoms. The summed E-state index contributed by atoms with van der Waals surface area (Å²) in [6, 6.07) is 0. The second-order valence-corrected chi connectivity index (χ2v) is 14.9. The van der Waals surface area contributed by atoms with Gasteiger partial charge in [-0.2, -0.15) is 0 Å². The predicted molar refractivity (Wildman–Crippen MR) is 214 cm³/mol. The van der Waals surface area contributed by atoms with Gasteiger partial charge in [-0.1, -0.05) is 15.9 Å². The molecule has 0 spiro atoms. The van der Waals surface area contributed by atoms with Gasteiger partial charge >= 0.3 is 30.3 Å². The third-order valence-corrected chi connectivity index (χ3v) is 10.2. The molecule has 4 heterocycles. The van der Waals surface area contributed by atoms with Crippen molar-refractivity contribution in [2.45, 2.75) is 116 Å². The molecule has 17 nitrogen and oxygen atoms in total. The van der Waals surface area contributed by atoms with Crippen molar-refractivity contribution in [2.75, 3.05) is 85.4 Å². The molecule has 0 saturated carbocycles. The summed E-state index contributed by atoms with van der Waals surface area (Å²) in [5.41, 5.74) is 0. The van der Waals surface area contributed by atoms with E-state index in [1.165, 1.54) is 4.90 Å². The Bertz CT molecular complexity index is 1200. The van der Waals surface area contributed by atoms with Gasteiger partial charge in [0, 0.05) is 76.4 Å². The summed E-state index contributed by atoms with van der Waals surface area (Å²) in [5, 5.41) is 9.34. The number of hydrogen-bond acceptors (Lipinski definition) is 13. The van der Waals surface area contributed by atoms with Crippen LogP contribution in [0.1, 0.15) is 105 Å². The normalized spacial score (nSPS) is 21.4. The molecule has 3 atom stereocenters. The van der Waals surface area contributed by atoms with Crippen molar-refractivity contribution in [1.82, 2.24) is 19.6 Å². The van der Waals surface area contributed by atoms with E-state index < -0.39 is 18.0 Å². The summed E-state index contributed by atoms with van der Waals surface area (Å²) < 4.78 is 24.4. The van der Waals surface area contributed by atoms with E-state index in [0.29, 0.717) is 96.2 Å². The molecule has 4 fully saturated rings. The van der Waals surface area contributed by atoms with Crippen molar-refractivity contribution in [2.24, 2.45) is 5.92 Å². The Balaban J connectivity index is 0.000000384. The zero-order chi connectivity index (χ0) is 42.6. The third-order valence-electron chi connectivity index (χ3n) is 9.28. The highest BCUT2D eigenvalue weighted by atomic mass is 79.9. The molecular formula is C39H67BrN4O13. The largest absolute Gasteiger partial charge is 0.465 e. The van der Waals surface area contributed by atoms with Crippen LogP contribution < -0.4 is 0 Å². The van der Waals surface area contributed by atoms with Gasteiger partial charge in [0.15, 0.2) is 0 Å². The first-order chi connectivity index (χ1) is 27.3. The summed E-state index contributed by atoms with van der Waals surface area (Å²) in [6.45, 7) is 15.4. The number of alkyl halides is 1. The van der Waals surface area contributed by atoms with Crippen molar-refractivity contribution >= 4 is 57.8 Å². The van der Waals surface area contributed by atoms with Gasteiger partial charge in [0.05, 0.1) is 39.1 Å². The Hall–Kier alpha value is -3.67. The lowest BCUT2D eigenvalue weighted by Gasteiger charge is -2.18. The van der Waals surface area contributed by atoms with Crippen molar-refractivity contribution in [1.29, 1.82) is 0 Å². The van der Waals surface area contributed by atoms with Crippen molar-refractivity contribution in [3.8, 4) is 0 Å². The maximum Gasteiger partial charge on any atom is 0.409 e. The molecule has 0 aromatic rings. The Morgan fingerprint density at radius 2 is 0.947 bits per heavy atom. The first-order valence-electron chi connectivity index (χ1n) is 20.5. The Morgan fingerprint density at radius 1 is 0.526 bits per heavy atom. The number of carbonyl (C=O) groups excluding carboxylic acids is 7. The van der Waals surface area contributed by atoms with Crippen molar-refractivity contribution in [3.05, 3.63) is 0 Å².